The number of aliphatic hydroxyl groups excluding tert-OH is 1. The van der Waals surface area contributed by atoms with E-state index in [1.165, 1.54) is 0 Å². The fourth-order valence-electron chi connectivity index (χ4n) is 7.15. The van der Waals surface area contributed by atoms with E-state index in [0.29, 0.717) is 25.8 Å². The number of hydrogen-bond acceptors (Lipinski definition) is 7. The highest BCUT2D eigenvalue weighted by atomic mass is 16.6. The molecule has 3 atom stereocenters. The van der Waals surface area contributed by atoms with Gasteiger partial charge in [-0.15, -0.1) is 0 Å². The van der Waals surface area contributed by atoms with Gasteiger partial charge in [-0.1, -0.05) is 84.9 Å². The lowest BCUT2D eigenvalue weighted by molar-refractivity contribution is -0.149. The molecule has 10 nitrogen and oxygen atoms in total. The number of allylic oxidation sites excluding steroid dienone is 2. The highest BCUT2D eigenvalue weighted by Crippen LogP contribution is 2.44. The highest BCUT2D eigenvalue weighted by Gasteiger charge is 2.35. The summed E-state index contributed by atoms with van der Waals surface area (Å²) in [6.45, 7) is 3.67. The van der Waals surface area contributed by atoms with Crippen molar-refractivity contribution in [2.24, 2.45) is 5.92 Å². The summed E-state index contributed by atoms with van der Waals surface area (Å²) >= 11 is 0. The number of rotatable bonds is 6. The van der Waals surface area contributed by atoms with Crippen LogP contribution in [0.15, 0.2) is 84.9 Å². The van der Waals surface area contributed by atoms with Crippen LogP contribution in [0, 0.1) is 5.92 Å². The monoisotopic (exact) mass is 679 g/mol. The van der Waals surface area contributed by atoms with Gasteiger partial charge < -0.3 is 30.1 Å². The molecule has 3 N–H and O–H groups in total. The van der Waals surface area contributed by atoms with E-state index in [-0.39, 0.29) is 56.4 Å². The van der Waals surface area contributed by atoms with Gasteiger partial charge >= 0.3 is 12.1 Å². The maximum Gasteiger partial charge on any atom is 0.407 e. The summed E-state index contributed by atoms with van der Waals surface area (Å²) in [7, 11) is 0. The molecule has 0 unspecified atom stereocenters. The lowest BCUT2D eigenvalue weighted by atomic mass is 9.92. The number of carbonyl (C=O) groups excluding carboxylic acids is 4. The summed E-state index contributed by atoms with van der Waals surface area (Å²) in [4.78, 5) is 55.1. The molecule has 0 saturated heterocycles. The van der Waals surface area contributed by atoms with Crippen molar-refractivity contribution in [3.05, 3.63) is 107 Å². The second-order valence-electron chi connectivity index (χ2n) is 14.0. The Kier molecular flexibility index (Phi) is 10.7. The zero-order valence-electron chi connectivity index (χ0n) is 28.6. The summed E-state index contributed by atoms with van der Waals surface area (Å²) in [6.07, 6.45) is 4.49. The van der Waals surface area contributed by atoms with Gasteiger partial charge in [-0.2, -0.15) is 0 Å². The number of benzene rings is 3. The predicted molar refractivity (Wildman–Crippen MR) is 188 cm³/mol. The van der Waals surface area contributed by atoms with Crippen molar-refractivity contribution < 1.29 is 33.8 Å². The number of esters is 1. The van der Waals surface area contributed by atoms with Crippen LogP contribution >= 0.6 is 0 Å². The first-order valence-corrected chi connectivity index (χ1v) is 17.4. The van der Waals surface area contributed by atoms with Crippen molar-refractivity contribution >= 4 is 23.9 Å². The van der Waals surface area contributed by atoms with Crippen molar-refractivity contribution in [2.75, 3.05) is 19.8 Å². The Morgan fingerprint density at radius 3 is 2.32 bits per heavy atom. The minimum absolute atomic E-state index is 0.0311. The van der Waals surface area contributed by atoms with Crippen molar-refractivity contribution in [3.8, 4) is 11.1 Å². The second-order valence-corrected chi connectivity index (χ2v) is 14.0. The first-order valence-electron chi connectivity index (χ1n) is 17.4. The molecule has 2 heterocycles. The number of nitrogens with zero attached hydrogens (tertiary/aromatic N) is 1. The molecular weight excluding hydrogens is 634 g/mol. The zero-order valence-corrected chi connectivity index (χ0v) is 28.6. The number of amides is 3. The number of carbonyl (C=O) groups is 4. The molecule has 0 fully saturated rings. The average Bonchev–Trinajstić information content (AvgIpc) is 3.44. The van der Waals surface area contributed by atoms with Gasteiger partial charge in [-0.3, -0.25) is 9.59 Å². The Balaban J connectivity index is 1.09. The second kappa shape index (κ2) is 15.3. The third-order valence-electron chi connectivity index (χ3n) is 9.84. The highest BCUT2D eigenvalue weighted by molar-refractivity contribution is 5.87. The Hall–Kier alpha value is -4.96. The first-order chi connectivity index (χ1) is 24.1. The van der Waals surface area contributed by atoms with Crippen molar-refractivity contribution in [1.82, 2.24) is 15.5 Å². The molecule has 3 aliphatic rings. The number of alkyl carbamates (subject to hydrolysis) is 1. The van der Waals surface area contributed by atoms with E-state index in [1.54, 1.807) is 18.7 Å². The molecule has 10 heteroatoms. The van der Waals surface area contributed by atoms with Crippen LogP contribution in [0.25, 0.3) is 11.1 Å². The number of ether oxygens (including phenoxy) is 2. The molecule has 0 saturated carbocycles. The predicted octanol–water partition coefficient (Wildman–Crippen LogP) is 5.02. The standard InChI is InChI=1S/C40H45N3O7/c1-40(2)25-50-38(47)35(41-39(48)49-24-34-32-17-10-8-15-30(32)31-16-9-11-18-33(31)34)19-5-3-4-13-27(37(46)42-40)21-36(45)43-22-28-14-7-6-12-26(28)20-29(43)23-44/h3-4,6-12,14-18,27,29,34-35,44H,5,13,19-25H2,1-2H3,(H,41,48)(H,42,46)/t27-,29+,35+/m1/s1. The Labute approximate surface area is 292 Å². The SMILES string of the molecule is CC1(C)COC(=O)[C@@H](NC(=O)OCC2c3ccccc3-c3ccccc32)CCC=CC[C@H](CC(=O)N2Cc3ccccc3C[C@H]2CO)C(=O)N1. The fraction of sp³-hybridized carbons (Fsp3) is 0.400. The van der Waals surface area contributed by atoms with Crippen molar-refractivity contribution in [1.29, 1.82) is 0 Å². The molecule has 3 amide bonds. The maximum atomic E-state index is 13.6. The number of hydrogen-bond donors (Lipinski definition) is 3. The minimum Gasteiger partial charge on any atom is -0.462 e. The number of fused-ring (bicyclic) bond motifs is 4. The van der Waals surface area contributed by atoms with Gasteiger partial charge in [0.2, 0.25) is 11.8 Å². The average molecular weight is 680 g/mol. The Bertz CT molecular complexity index is 1720. The van der Waals surface area contributed by atoms with Gasteiger partial charge in [0.1, 0.15) is 19.3 Å². The van der Waals surface area contributed by atoms with Crippen molar-refractivity contribution in [3.63, 3.8) is 0 Å². The van der Waals surface area contributed by atoms with Crippen LogP contribution in [0.4, 0.5) is 4.79 Å². The van der Waals surface area contributed by atoms with E-state index in [0.717, 1.165) is 33.4 Å². The van der Waals surface area contributed by atoms with Crippen LogP contribution in [0.1, 0.15) is 67.7 Å². The minimum atomic E-state index is -0.961. The quantitative estimate of drug-likeness (QED) is 0.246. The van der Waals surface area contributed by atoms with Gasteiger partial charge in [0.05, 0.1) is 24.1 Å². The normalized spacial score (nSPS) is 22.0. The number of cyclic esters (lactones) is 1. The van der Waals surface area contributed by atoms with Crippen LogP contribution in [-0.2, 0) is 36.8 Å². The Morgan fingerprint density at radius 2 is 1.62 bits per heavy atom. The molecule has 0 aromatic heterocycles. The summed E-state index contributed by atoms with van der Waals surface area (Å²) in [6, 6.07) is 22.7. The molecule has 50 heavy (non-hydrogen) atoms. The lowest BCUT2D eigenvalue weighted by Gasteiger charge is -2.37. The molecule has 1 aliphatic carbocycles. The molecule has 0 spiro atoms. The van der Waals surface area contributed by atoms with Crippen LogP contribution in [-0.4, -0.2) is 71.3 Å². The van der Waals surface area contributed by atoms with E-state index in [2.05, 4.69) is 22.8 Å². The van der Waals surface area contributed by atoms with Crippen molar-refractivity contribution in [2.45, 2.75) is 76.0 Å². The molecule has 6 rings (SSSR count). The molecule has 0 radical (unpaired) electrons. The third kappa shape index (κ3) is 7.91. The maximum absolute atomic E-state index is 13.6. The Morgan fingerprint density at radius 1 is 0.960 bits per heavy atom. The molecule has 3 aromatic rings. The van der Waals surface area contributed by atoms with Gasteiger partial charge in [-0.25, -0.2) is 9.59 Å². The van der Waals surface area contributed by atoms with Gasteiger partial charge in [0.15, 0.2) is 0 Å². The van der Waals surface area contributed by atoms with Crippen LogP contribution in [0.2, 0.25) is 0 Å². The van der Waals surface area contributed by atoms with E-state index in [9.17, 15) is 24.3 Å². The number of aliphatic hydroxyl groups is 1. The van der Waals surface area contributed by atoms with Gasteiger partial charge in [0, 0.05) is 18.9 Å². The van der Waals surface area contributed by atoms with E-state index >= 15 is 0 Å². The summed E-state index contributed by atoms with van der Waals surface area (Å²) < 4.78 is 11.3. The molecule has 262 valence electrons. The smallest absolute Gasteiger partial charge is 0.407 e. The topological polar surface area (TPSA) is 134 Å². The molecule has 2 aliphatic heterocycles. The van der Waals surface area contributed by atoms with Crippen LogP contribution < -0.4 is 10.6 Å². The summed E-state index contributed by atoms with van der Waals surface area (Å²) in [5.41, 5.74) is 5.62. The first kappa shape index (κ1) is 34.9. The zero-order chi connectivity index (χ0) is 35.3. The number of nitrogens with one attached hydrogen (secondary N) is 2. The van der Waals surface area contributed by atoms with E-state index in [4.69, 9.17) is 9.47 Å². The van der Waals surface area contributed by atoms with E-state index in [1.807, 2.05) is 72.8 Å². The lowest BCUT2D eigenvalue weighted by Crippen LogP contribution is -2.52. The van der Waals surface area contributed by atoms with E-state index < -0.39 is 29.6 Å². The van der Waals surface area contributed by atoms with Gasteiger partial charge in [-0.05, 0) is 72.9 Å². The summed E-state index contributed by atoms with van der Waals surface area (Å²) in [5.74, 6) is -1.93. The van der Waals surface area contributed by atoms with Gasteiger partial charge in [0.25, 0.3) is 0 Å². The molecule has 0 bridgehead atoms. The fourth-order valence-corrected chi connectivity index (χ4v) is 7.15. The summed E-state index contributed by atoms with van der Waals surface area (Å²) in [5, 5.41) is 15.7. The molecular formula is C40H45N3O7. The molecule has 3 aromatic carbocycles. The van der Waals surface area contributed by atoms with Crippen LogP contribution in [0.3, 0.4) is 0 Å². The van der Waals surface area contributed by atoms with Crippen LogP contribution in [0.5, 0.6) is 0 Å². The third-order valence-corrected chi connectivity index (χ3v) is 9.84. The largest absolute Gasteiger partial charge is 0.462 e.